The van der Waals surface area contributed by atoms with E-state index in [-0.39, 0.29) is 124 Å². The zero-order chi connectivity index (χ0) is 104. The summed E-state index contributed by atoms with van der Waals surface area (Å²) in [6.07, 6.45) is 9.23. The lowest BCUT2D eigenvalue weighted by molar-refractivity contribution is -0.113. The van der Waals surface area contributed by atoms with Gasteiger partial charge in [0.15, 0.2) is 34.7 Å². The van der Waals surface area contributed by atoms with Gasteiger partial charge in [0.1, 0.15) is 28.8 Å². The van der Waals surface area contributed by atoms with E-state index in [0.29, 0.717) is 152 Å². The van der Waals surface area contributed by atoms with Crippen molar-refractivity contribution in [3.63, 3.8) is 0 Å². The first-order valence-corrected chi connectivity index (χ1v) is 51.7. The van der Waals surface area contributed by atoms with Crippen LogP contribution in [0.4, 0.5) is 0 Å². The molecule has 8 aromatic rings. The summed E-state index contributed by atoms with van der Waals surface area (Å²) in [5.74, 6) is -1.77. The standard InChI is InChI=1S/C15H14O3.C15H12O3.2C15H14O3.4C15H14O2S/c1-8-15(2,3)11-13(17)12(16)9-6-4-5-7-10(9)14(11)18-8;1-15(2)7-8-18-14-11(15)12(16)9-5-3-4-6-10(9)13(14)17;1-15(2)8-7-11-13(17)12(16)9-5-3-4-6-10(9)14(11)18-15;1-15(2)8-7-11-12(16)9-5-3-4-6-10(9)13(17)14(11)18-15;1-8-15(2,3)11-13(17)12(16)9-6-4-5-7-10(9)14(11)18-8;1-8-15(2,3)11-12(16)9-6-4-5-7-10(9)13(17)14(11)18-8;1-15(2)8-7-11-13(17)12(16)9-5-3-4-6-10(9)14(11)18-15;1-15(2)8-7-11-12(16)9-5-3-4-6-10(9)13(17)14(11)18-15/h4-8H,1-3H3;3-8H,1-2H3;2*3-6H,7-8H2,1-2H3;2*4-8H,1-3H3;2*3-6H,7-8H2,1-2H3. The molecular formula is C120H110O20S4. The van der Waals surface area contributed by atoms with E-state index in [1.165, 1.54) is 6.26 Å². The summed E-state index contributed by atoms with van der Waals surface area (Å²) < 4.78 is 22.9. The summed E-state index contributed by atoms with van der Waals surface area (Å²) in [5, 5.41) is 0.565. The van der Waals surface area contributed by atoms with Gasteiger partial charge in [-0.3, -0.25) is 76.7 Å². The van der Waals surface area contributed by atoms with Gasteiger partial charge in [-0.25, -0.2) is 0 Å². The number of ketones is 16. The quantitative estimate of drug-likeness (QED) is 0.127. The number of rotatable bonds is 0. The van der Waals surface area contributed by atoms with E-state index in [4.69, 9.17) is 18.9 Å². The monoisotopic (exact) mass is 2000 g/mol. The third-order valence-corrected chi connectivity index (χ3v) is 35.6. The molecule has 16 aliphatic rings. The summed E-state index contributed by atoms with van der Waals surface area (Å²) in [7, 11) is 0. The third-order valence-electron chi connectivity index (χ3n) is 29.6. The van der Waals surface area contributed by atoms with Gasteiger partial charge in [0.25, 0.3) is 0 Å². The Morgan fingerprint density at radius 3 is 0.986 bits per heavy atom. The van der Waals surface area contributed by atoms with Gasteiger partial charge >= 0.3 is 0 Å². The Morgan fingerprint density at radius 2 is 0.535 bits per heavy atom. The molecule has 24 rings (SSSR count). The van der Waals surface area contributed by atoms with E-state index in [0.717, 1.165) is 68.9 Å². The number of Topliss-reactive ketones (excluding diaryl/α,β-unsaturated/α-hetero) is 16. The molecule has 24 heteroatoms. The fourth-order valence-corrected chi connectivity index (χ4v) is 25.8. The number of carbonyl (C=O) groups excluding carboxylic acids is 16. The SMILES string of the molecule is CC1(C)C=COC2=C1C(=O)c1ccccc1C2=O.CC1(C)CCC2=C(O1)C(=O)c1ccccc1C2=O.CC1(C)CCC2=C(O1)c1ccccc1C(=O)C2=O.CC1(C)CCC2=C(S1)C(=O)c1ccccc1C2=O.CC1(C)CCC2=C(S1)c1ccccc1C(=O)C2=O.CC1OC2=C(C(=O)C(=O)c3ccccc32)C1(C)C.CC1SC2=C(C(=O)C(=O)c3ccccc32)C1(C)C.CC1SC2=C(C(=O)c3ccccc3C2=O)C1(C)C. The first-order valence-electron chi connectivity index (χ1n) is 48.3. The van der Waals surface area contributed by atoms with E-state index in [1.807, 2.05) is 175 Å². The van der Waals surface area contributed by atoms with E-state index in [9.17, 15) is 76.7 Å². The number of carbonyl (C=O) groups is 16. The van der Waals surface area contributed by atoms with Crippen molar-refractivity contribution in [1.29, 1.82) is 0 Å². The molecule has 3 atom stereocenters. The fraction of sp³-hybridized carbons (Fsp3) is 0.317. The van der Waals surface area contributed by atoms with Crippen LogP contribution >= 0.6 is 47.0 Å². The van der Waals surface area contributed by atoms with Crippen LogP contribution in [-0.2, 0) is 38.1 Å². The highest BCUT2D eigenvalue weighted by Gasteiger charge is 2.54. The van der Waals surface area contributed by atoms with Crippen LogP contribution in [0.15, 0.2) is 272 Å². The molecule has 734 valence electrons. The van der Waals surface area contributed by atoms with Crippen molar-refractivity contribution in [1.82, 2.24) is 0 Å². The normalized spacial score (nSPS) is 22.6. The van der Waals surface area contributed by atoms with Gasteiger partial charge in [-0.15, -0.1) is 47.0 Å². The molecule has 0 spiro atoms. The van der Waals surface area contributed by atoms with Crippen molar-refractivity contribution in [2.75, 3.05) is 0 Å². The van der Waals surface area contributed by atoms with Crippen LogP contribution in [-0.4, -0.2) is 130 Å². The Morgan fingerprint density at radius 1 is 0.243 bits per heavy atom. The maximum absolute atomic E-state index is 12.6. The van der Waals surface area contributed by atoms with Gasteiger partial charge in [0.2, 0.25) is 69.4 Å². The molecule has 8 aromatic carbocycles. The van der Waals surface area contributed by atoms with Crippen LogP contribution in [0.1, 0.15) is 329 Å². The molecule has 0 N–H and O–H groups in total. The lowest BCUT2D eigenvalue weighted by Crippen LogP contribution is -2.35. The number of hydrogen-bond acceptors (Lipinski definition) is 24. The Balaban J connectivity index is 0.000000113. The van der Waals surface area contributed by atoms with Gasteiger partial charge in [-0.1, -0.05) is 291 Å². The molecular weight excluding hydrogens is 1890 g/mol. The number of ether oxygens (including phenoxy) is 4. The minimum absolute atomic E-state index is 0.0163. The molecule has 0 fully saturated rings. The van der Waals surface area contributed by atoms with Crippen LogP contribution in [0.5, 0.6) is 0 Å². The molecule has 0 saturated carbocycles. The van der Waals surface area contributed by atoms with Gasteiger partial charge in [-0.2, -0.15) is 0 Å². The maximum atomic E-state index is 12.6. The lowest BCUT2D eigenvalue weighted by Gasteiger charge is -2.36. The summed E-state index contributed by atoms with van der Waals surface area (Å²) in [4.78, 5) is 200. The Hall–Kier alpha value is -13.3. The fourth-order valence-electron chi connectivity index (χ4n) is 20.1. The summed E-state index contributed by atoms with van der Waals surface area (Å²) in [6, 6.07) is 57.2. The Kier molecular flexibility index (Phi) is 27.0. The van der Waals surface area contributed by atoms with E-state index >= 15 is 0 Å². The second-order valence-corrected chi connectivity index (χ2v) is 48.8. The number of fused-ring (bicyclic) bond motifs is 12. The first-order chi connectivity index (χ1) is 67.8. The number of thioether (sulfide) groups is 4. The number of benzene rings is 8. The average molecular weight is 2000 g/mol. The smallest absolute Gasteiger partial charge is 0.234 e. The zero-order valence-corrected chi connectivity index (χ0v) is 87.1. The van der Waals surface area contributed by atoms with Crippen molar-refractivity contribution < 1.29 is 95.7 Å². The zero-order valence-electron chi connectivity index (χ0n) is 83.8. The van der Waals surface area contributed by atoms with Gasteiger partial charge in [-0.05, 0) is 103 Å². The average Bonchev–Trinajstić information content (AvgIpc) is 1.52. The summed E-state index contributed by atoms with van der Waals surface area (Å²) >= 11 is 6.54. The second kappa shape index (κ2) is 38.0. The Labute approximate surface area is 853 Å². The molecule has 20 nitrogen and oxygen atoms in total. The topological polar surface area (TPSA) is 310 Å². The third kappa shape index (κ3) is 18.2. The van der Waals surface area contributed by atoms with Crippen molar-refractivity contribution in [2.24, 2.45) is 21.7 Å². The highest BCUT2D eigenvalue weighted by atomic mass is 32.2. The largest absolute Gasteiger partial charge is 0.489 e. The highest BCUT2D eigenvalue weighted by Crippen LogP contribution is 2.59. The molecule has 8 aliphatic carbocycles. The van der Waals surface area contributed by atoms with Crippen LogP contribution in [0.25, 0.3) is 21.3 Å². The van der Waals surface area contributed by atoms with Crippen LogP contribution in [0, 0.1) is 21.7 Å². The molecule has 0 bridgehead atoms. The summed E-state index contributed by atoms with van der Waals surface area (Å²) in [5.41, 5.74) is 12.4. The van der Waals surface area contributed by atoms with Crippen molar-refractivity contribution in [3.8, 4) is 0 Å². The van der Waals surface area contributed by atoms with E-state index in [1.54, 1.807) is 162 Å². The van der Waals surface area contributed by atoms with Gasteiger partial charge < -0.3 is 18.9 Å². The lowest BCUT2D eigenvalue weighted by atomic mass is 9.74. The molecule has 144 heavy (non-hydrogen) atoms. The van der Waals surface area contributed by atoms with Crippen molar-refractivity contribution >= 4 is 161 Å². The van der Waals surface area contributed by atoms with Crippen LogP contribution < -0.4 is 0 Å². The number of allylic oxidation sites excluding steroid dienone is 12. The molecule has 8 aliphatic heterocycles. The second-order valence-electron chi connectivity index (χ2n) is 42.7. The molecule has 8 heterocycles. The van der Waals surface area contributed by atoms with Crippen molar-refractivity contribution in [2.45, 2.75) is 220 Å². The predicted molar refractivity (Wildman–Crippen MR) is 560 cm³/mol. The van der Waals surface area contributed by atoms with E-state index < -0.39 is 34.0 Å². The van der Waals surface area contributed by atoms with Crippen LogP contribution in [0.3, 0.4) is 0 Å². The predicted octanol–water partition coefficient (Wildman–Crippen LogP) is 25.1. The molecule has 3 unspecified atom stereocenters. The maximum Gasteiger partial charge on any atom is 0.234 e. The first kappa shape index (κ1) is 102. The molecule has 0 radical (unpaired) electrons. The highest BCUT2D eigenvalue weighted by molar-refractivity contribution is 8.09. The minimum Gasteiger partial charge on any atom is -0.489 e. The molecule has 0 amide bonds. The molecule has 0 aromatic heterocycles. The van der Waals surface area contributed by atoms with Gasteiger partial charge in [0, 0.05) is 163 Å². The van der Waals surface area contributed by atoms with Crippen molar-refractivity contribution in [3.05, 3.63) is 361 Å². The summed E-state index contributed by atoms with van der Waals surface area (Å²) in [6.45, 7) is 38.5. The van der Waals surface area contributed by atoms with Gasteiger partial charge in [0.05, 0.1) is 27.2 Å². The Bertz CT molecular complexity index is 7140. The number of hydrogen-bond donors (Lipinski definition) is 0. The molecule has 0 saturated heterocycles. The minimum atomic E-state index is -0.478. The van der Waals surface area contributed by atoms with E-state index in [2.05, 4.69) is 41.5 Å². The van der Waals surface area contributed by atoms with Crippen LogP contribution in [0.2, 0.25) is 0 Å².